The molecule has 0 aromatic heterocycles. The molecule has 3 rings (SSSR count). The number of carboxylic acids is 1. The predicted octanol–water partition coefficient (Wildman–Crippen LogP) is 0.876. The lowest BCUT2D eigenvalue weighted by atomic mass is 10.1. The van der Waals surface area contributed by atoms with Crippen LogP contribution in [0.5, 0.6) is 0 Å². The quantitative estimate of drug-likeness (QED) is 0.898. The van der Waals surface area contributed by atoms with Crippen LogP contribution in [0.2, 0.25) is 0 Å². The van der Waals surface area contributed by atoms with E-state index >= 15 is 0 Å². The van der Waals surface area contributed by atoms with Crippen molar-refractivity contribution in [3.05, 3.63) is 24.3 Å². The Balaban J connectivity index is 1.85. The maximum atomic E-state index is 12.2. The van der Waals surface area contributed by atoms with Crippen molar-refractivity contribution in [2.24, 2.45) is 5.92 Å². The number of anilines is 2. The SMILES string of the molecule is CN1CCN(c2ccccc2N2CC(C(=O)O)CC2=O)CC1. The van der Waals surface area contributed by atoms with Crippen molar-refractivity contribution in [2.45, 2.75) is 6.42 Å². The summed E-state index contributed by atoms with van der Waals surface area (Å²) in [6.07, 6.45) is 0.0897. The van der Waals surface area contributed by atoms with Crippen LogP contribution in [-0.2, 0) is 9.59 Å². The van der Waals surface area contributed by atoms with Gasteiger partial charge in [-0.3, -0.25) is 9.59 Å². The highest BCUT2D eigenvalue weighted by Crippen LogP contribution is 2.34. The largest absolute Gasteiger partial charge is 0.481 e. The molecule has 0 aliphatic carbocycles. The van der Waals surface area contributed by atoms with Gasteiger partial charge in [-0.15, -0.1) is 0 Å². The van der Waals surface area contributed by atoms with Gasteiger partial charge in [0.05, 0.1) is 17.3 Å². The molecule has 0 spiro atoms. The lowest BCUT2D eigenvalue weighted by Gasteiger charge is -2.36. The van der Waals surface area contributed by atoms with E-state index in [1.807, 2.05) is 24.3 Å². The number of rotatable bonds is 3. The summed E-state index contributed by atoms with van der Waals surface area (Å²) in [5, 5.41) is 9.15. The number of para-hydroxylation sites is 2. The van der Waals surface area contributed by atoms with E-state index in [2.05, 4.69) is 16.8 Å². The number of piperazine rings is 1. The summed E-state index contributed by atoms with van der Waals surface area (Å²) in [6, 6.07) is 7.79. The van der Waals surface area contributed by atoms with E-state index in [1.54, 1.807) is 4.90 Å². The first kappa shape index (κ1) is 14.8. The van der Waals surface area contributed by atoms with E-state index in [1.165, 1.54) is 0 Å². The van der Waals surface area contributed by atoms with Gasteiger partial charge in [0, 0.05) is 39.1 Å². The third-order valence-corrected chi connectivity index (χ3v) is 4.49. The molecule has 1 atom stereocenters. The first-order valence-electron chi connectivity index (χ1n) is 7.62. The molecule has 118 valence electrons. The maximum Gasteiger partial charge on any atom is 0.308 e. The molecule has 6 heteroatoms. The predicted molar refractivity (Wildman–Crippen MR) is 84.2 cm³/mol. The number of hydrogen-bond donors (Lipinski definition) is 1. The first-order chi connectivity index (χ1) is 10.6. The fourth-order valence-electron chi connectivity index (χ4n) is 3.11. The van der Waals surface area contributed by atoms with Gasteiger partial charge in [-0.05, 0) is 19.2 Å². The van der Waals surface area contributed by atoms with Crippen LogP contribution in [0.15, 0.2) is 24.3 Å². The molecule has 1 aromatic rings. The van der Waals surface area contributed by atoms with Crippen LogP contribution < -0.4 is 9.80 Å². The monoisotopic (exact) mass is 303 g/mol. The third-order valence-electron chi connectivity index (χ3n) is 4.49. The zero-order valence-corrected chi connectivity index (χ0v) is 12.7. The fraction of sp³-hybridized carbons (Fsp3) is 0.500. The molecule has 0 bridgehead atoms. The second-order valence-electron chi connectivity index (χ2n) is 6.02. The van der Waals surface area contributed by atoms with Crippen molar-refractivity contribution >= 4 is 23.3 Å². The smallest absolute Gasteiger partial charge is 0.308 e. The number of likely N-dealkylation sites (N-methyl/N-ethyl adjacent to an activating group) is 1. The maximum absolute atomic E-state index is 12.2. The third kappa shape index (κ3) is 2.78. The molecular formula is C16H21N3O3. The molecule has 2 heterocycles. The average Bonchev–Trinajstić information content (AvgIpc) is 2.90. The summed E-state index contributed by atoms with van der Waals surface area (Å²) in [5.74, 6) is -1.60. The summed E-state index contributed by atoms with van der Waals surface area (Å²) in [6.45, 7) is 4.06. The Morgan fingerprint density at radius 1 is 1.14 bits per heavy atom. The highest BCUT2D eigenvalue weighted by molar-refractivity contribution is 6.01. The van der Waals surface area contributed by atoms with Gasteiger partial charge in [-0.25, -0.2) is 0 Å². The molecule has 1 amide bonds. The lowest BCUT2D eigenvalue weighted by molar-refractivity contribution is -0.141. The average molecular weight is 303 g/mol. The normalized spacial score (nSPS) is 23.1. The fourth-order valence-corrected chi connectivity index (χ4v) is 3.11. The molecule has 2 fully saturated rings. The van der Waals surface area contributed by atoms with Crippen molar-refractivity contribution in [2.75, 3.05) is 49.6 Å². The summed E-state index contributed by atoms with van der Waals surface area (Å²) < 4.78 is 0. The number of nitrogens with zero attached hydrogens (tertiary/aromatic N) is 3. The minimum Gasteiger partial charge on any atom is -0.481 e. The Kier molecular flexibility index (Phi) is 4.02. The van der Waals surface area contributed by atoms with Gasteiger partial charge in [-0.2, -0.15) is 0 Å². The molecule has 22 heavy (non-hydrogen) atoms. The minimum absolute atomic E-state index is 0.0897. The number of aliphatic carboxylic acids is 1. The molecule has 6 nitrogen and oxygen atoms in total. The molecule has 1 unspecified atom stereocenters. The topological polar surface area (TPSA) is 64.1 Å². The van der Waals surface area contributed by atoms with Crippen molar-refractivity contribution in [3.63, 3.8) is 0 Å². The van der Waals surface area contributed by atoms with E-state index in [0.717, 1.165) is 37.6 Å². The van der Waals surface area contributed by atoms with Crippen molar-refractivity contribution < 1.29 is 14.7 Å². The van der Waals surface area contributed by atoms with Gasteiger partial charge in [0.25, 0.3) is 0 Å². The van der Waals surface area contributed by atoms with Crippen LogP contribution in [0.4, 0.5) is 11.4 Å². The zero-order valence-electron chi connectivity index (χ0n) is 12.7. The van der Waals surface area contributed by atoms with E-state index in [0.29, 0.717) is 0 Å². The Hall–Kier alpha value is -2.08. The van der Waals surface area contributed by atoms with Crippen LogP contribution in [0.1, 0.15) is 6.42 Å². The van der Waals surface area contributed by atoms with Gasteiger partial charge in [0.15, 0.2) is 0 Å². The van der Waals surface area contributed by atoms with E-state index in [-0.39, 0.29) is 18.9 Å². The molecule has 1 aromatic carbocycles. The Morgan fingerprint density at radius 3 is 2.36 bits per heavy atom. The Morgan fingerprint density at radius 2 is 1.77 bits per heavy atom. The number of hydrogen-bond acceptors (Lipinski definition) is 4. The van der Waals surface area contributed by atoms with Crippen LogP contribution in [0.25, 0.3) is 0 Å². The molecule has 2 saturated heterocycles. The number of carboxylic acid groups (broad SMARTS) is 1. The molecular weight excluding hydrogens is 282 g/mol. The standard InChI is InChI=1S/C16H21N3O3/c1-17-6-8-18(9-7-17)13-4-2-3-5-14(13)19-11-12(16(21)22)10-15(19)20/h2-5,12H,6-11H2,1H3,(H,21,22). The van der Waals surface area contributed by atoms with E-state index in [4.69, 9.17) is 5.11 Å². The van der Waals surface area contributed by atoms with Crippen LogP contribution in [0.3, 0.4) is 0 Å². The Bertz CT molecular complexity index is 582. The van der Waals surface area contributed by atoms with Crippen LogP contribution >= 0.6 is 0 Å². The van der Waals surface area contributed by atoms with Crippen molar-refractivity contribution in [3.8, 4) is 0 Å². The summed E-state index contributed by atoms with van der Waals surface area (Å²) in [5.41, 5.74) is 1.86. The number of amides is 1. The van der Waals surface area contributed by atoms with Gasteiger partial charge in [0.1, 0.15) is 0 Å². The van der Waals surface area contributed by atoms with E-state index in [9.17, 15) is 9.59 Å². The zero-order chi connectivity index (χ0) is 15.7. The minimum atomic E-state index is -0.895. The van der Waals surface area contributed by atoms with Crippen LogP contribution in [0, 0.1) is 5.92 Å². The molecule has 2 aliphatic rings. The van der Waals surface area contributed by atoms with Gasteiger partial charge in [0.2, 0.25) is 5.91 Å². The molecule has 1 N–H and O–H groups in total. The van der Waals surface area contributed by atoms with Crippen LogP contribution in [-0.4, -0.2) is 61.7 Å². The molecule has 0 radical (unpaired) electrons. The molecule has 0 saturated carbocycles. The van der Waals surface area contributed by atoms with Gasteiger partial charge >= 0.3 is 5.97 Å². The van der Waals surface area contributed by atoms with E-state index < -0.39 is 11.9 Å². The number of carbonyl (C=O) groups is 2. The summed E-state index contributed by atoms with van der Waals surface area (Å²) in [4.78, 5) is 29.5. The van der Waals surface area contributed by atoms with Gasteiger partial charge < -0.3 is 19.8 Å². The van der Waals surface area contributed by atoms with Crippen molar-refractivity contribution in [1.29, 1.82) is 0 Å². The first-order valence-corrected chi connectivity index (χ1v) is 7.62. The lowest BCUT2D eigenvalue weighted by Crippen LogP contribution is -2.45. The second kappa shape index (κ2) is 5.96. The van der Waals surface area contributed by atoms with Crippen molar-refractivity contribution in [1.82, 2.24) is 4.90 Å². The number of carbonyl (C=O) groups excluding carboxylic acids is 1. The molecule has 2 aliphatic heterocycles. The summed E-state index contributed by atoms with van der Waals surface area (Å²) in [7, 11) is 2.10. The summed E-state index contributed by atoms with van der Waals surface area (Å²) >= 11 is 0. The highest BCUT2D eigenvalue weighted by atomic mass is 16.4. The second-order valence-corrected chi connectivity index (χ2v) is 6.02. The Labute approximate surface area is 129 Å². The highest BCUT2D eigenvalue weighted by Gasteiger charge is 2.36. The number of benzene rings is 1. The van der Waals surface area contributed by atoms with Gasteiger partial charge in [-0.1, -0.05) is 12.1 Å².